The van der Waals surface area contributed by atoms with Crippen molar-refractivity contribution in [1.82, 2.24) is 10.2 Å². The molecule has 1 aromatic rings. The zero-order valence-corrected chi connectivity index (χ0v) is 9.76. The summed E-state index contributed by atoms with van der Waals surface area (Å²) in [6.07, 6.45) is 2.29. The SMILES string of the molecule is CCCc1nnc(NC(=O)CCOC)s1. The molecule has 0 spiro atoms. The smallest absolute Gasteiger partial charge is 0.228 e. The first-order chi connectivity index (χ1) is 7.26. The molecule has 0 saturated carbocycles. The molecule has 0 aromatic carbocycles. The lowest BCUT2D eigenvalue weighted by Gasteiger charge is -1.98. The molecule has 5 nitrogen and oxygen atoms in total. The fourth-order valence-corrected chi connectivity index (χ4v) is 1.85. The van der Waals surface area contributed by atoms with Gasteiger partial charge in [0.1, 0.15) is 5.01 Å². The van der Waals surface area contributed by atoms with E-state index < -0.39 is 0 Å². The molecule has 1 aromatic heterocycles. The highest BCUT2D eigenvalue weighted by molar-refractivity contribution is 7.15. The summed E-state index contributed by atoms with van der Waals surface area (Å²) in [6.45, 7) is 2.50. The molecule has 0 unspecified atom stereocenters. The van der Waals surface area contributed by atoms with Gasteiger partial charge in [-0.2, -0.15) is 0 Å². The molecule has 1 heterocycles. The largest absolute Gasteiger partial charge is 0.384 e. The Morgan fingerprint density at radius 3 is 3.00 bits per heavy atom. The topological polar surface area (TPSA) is 64.1 Å². The van der Waals surface area contributed by atoms with Crippen molar-refractivity contribution in [3.05, 3.63) is 5.01 Å². The van der Waals surface area contributed by atoms with Gasteiger partial charge in [-0.05, 0) is 6.42 Å². The van der Waals surface area contributed by atoms with Gasteiger partial charge in [-0.15, -0.1) is 10.2 Å². The maximum atomic E-state index is 11.3. The van der Waals surface area contributed by atoms with Crippen LogP contribution in [-0.2, 0) is 16.0 Å². The third-order valence-electron chi connectivity index (χ3n) is 1.71. The van der Waals surface area contributed by atoms with E-state index >= 15 is 0 Å². The van der Waals surface area contributed by atoms with E-state index in [-0.39, 0.29) is 5.91 Å². The van der Waals surface area contributed by atoms with E-state index in [2.05, 4.69) is 22.4 Å². The lowest BCUT2D eigenvalue weighted by atomic mass is 10.4. The minimum Gasteiger partial charge on any atom is -0.384 e. The maximum absolute atomic E-state index is 11.3. The Labute approximate surface area is 92.9 Å². The van der Waals surface area contributed by atoms with Gasteiger partial charge in [-0.3, -0.25) is 4.79 Å². The van der Waals surface area contributed by atoms with E-state index in [0.717, 1.165) is 17.8 Å². The van der Waals surface area contributed by atoms with Crippen molar-refractivity contribution >= 4 is 22.4 Å². The second kappa shape index (κ2) is 6.47. The van der Waals surface area contributed by atoms with E-state index in [0.29, 0.717) is 18.2 Å². The molecule has 0 aliphatic carbocycles. The van der Waals surface area contributed by atoms with Gasteiger partial charge < -0.3 is 10.1 Å². The van der Waals surface area contributed by atoms with E-state index in [9.17, 15) is 4.79 Å². The Balaban J connectivity index is 2.39. The molecular weight excluding hydrogens is 214 g/mol. The highest BCUT2D eigenvalue weighted by Crippen LogP contribution is 2.16. The van der Waals surface area contributed by atoms with Crippen molar-refractivity contribution in [3.8, 4) is 0 Å². The predicted molar refractivity (Wildman–Crippen MR) is 59.0 cm³/mol. The Morgan fingerprint density at radius 2 is 2.33 bits per heavy atom. The van der Waals surface area contributed by atoms with Gasteiger partial charge in [0.15, 0.2) is 0 Å². The van der Waals surface area contributed by atoms with Gasteiger partial charge in [-0.1, -0.05) is 18.3 Å². The van der Waals surface area contributed by atoms with Crippen molar-refractivity contribution in [1.29, 1.82) is 0 Å². The van der Waals surface area contributed by atoms with Gasteiger partial charge >= 0.3 is 0 Å². The molecule has 0 saturated heterocycles. The van der Waals surface area contributed by atoms with Gasteiger partial charge in [-0.25, -0.2) is 0 Å². The van der Waals surface area contributed by atoms with Crippen LogP contribution in [0.3, 0.4) is 0 Å². The average Bonchev–Trinajstić information content (AvgIpc) is 2.63. The molecule has 0 bridgehead atoms. The van der Waals surface area contributed by atoms with E-state index in [1.54, 1.807) is 7.11 Å². The van der Waals surface area contributed by atoms with Gasteiger partial charge in [0, 0.05) is 13.5 Å². The van der Waals surface area contributed by atoms with Crippen molar-refractivity contribution in [2.45, 2.75) is 26.2 Å². The number of amides is 1. The van der Waals surface area contributed by atoms with Crippen LogP contribution in [0, 0.1) is 0 Å². The summed E-state index contributed by atoms with van der Waals surface area (Å²) < 4.78 is 4.80. The van der Waals surface area contributed by atoms with E-state index in [1.807, 2.05) is 0 Å². The third-order valence-corrected chi connectivity index (χ3v) is 2.61. The molecule has 0 fully saturated rings. The fourth-order valence-electron chi connectivity index (χ4n) is 0.996. The summed E-state index contributed by atoms with van der Waals surface area (Å²) in [4.78, 5) is 11.3. The monoisotopic (exact) mass is 229 g/mol. The zero-order chi connectivity index (χ0) is 11.1. The van der Waals surface area contributed by atoms with Crippen LogP contribution in [-0.4, -0.2) is 29.8 Å². The quantitative estimate of drug-likeness (QED) is 0.802. The summed E-state index contributed by atoms with van der Waals surface area (Å²) in [5, 5.41) is 12.0. The molecule has 1 N–H and O–H groups in total. The number of hydrogen-bond donors (Lipinski definition) is 1. The number of methoxy groups -OCH3 is 1. The minimum atomic E-state index is -0.0870. The number of carbonyl (C=O) groups excluding carboxylic acids is 1. The summed E-state index contributed by atoms with van der Waals surface area (Å²) in [6, 6.07) is 0. The summed E-state index contributed by atoms with van der Waals surface area (Å²) >= 11 is 1.42. The second-order valence-electron chi connectivity index (χ2n) is 3.04. The normalized spacial score (nSPS) is 10.3. The average molecular weight is 229 g/mol. The van der Waals surface area contributed by atoms with Gasteiger partial charge in [0.2, 0.25) is 11.0 Å². The summed E-state index contributed by atoms with van der Waals surface area (Å²) in [7, 11) is 1.57. The van der Waals surface area contributed by atoms with Crippen molar-refractivity contribution in [2.75, 3.05) is 19.0 Å². The first kappa shape index (κ1) is 12.1. The number of aryl methyl sites for hydroxylation is 1. The van der Waals surface area contributed by atoms with Crippen LogP contribution in [0.15, 0.2) is 0 Å². The van der Waals surface area contributed by atoms with Crippen molar-refractivity contribution in [3.63, 3.8) is 0 Å². The molecule has 6 heteroatoms. The van der Waals surface area contributed by atoms with Crippen LogP contribution in [0.2, 0.25) is 0 Å². The molecule has 1 rings (SSSR count). The molecule has 0 radical (unpaired) electrons. The summed E-state index contributed by atoms with van der Waals surface area (Å²) in [5.74, 6) is -0.0870. The van der Waals surface area contributed by atoms with Crippen molar-refractivity contribution in [2.24, 2.45) is 0 Å². The number of hydrogen-bond acceptors (Lipinski definition) is 5. The molecule has 0 atom stereocenters. The number of carbonyl (C=O) groups is 1. The second-order valence-corrected chi connectivity index (χ2v) is 4.10. The fraction of sp³-hybridized carbons (Fsp3) is 0.667. The number of nitrogens with one attached hydrogen (secondary N) is 1. The van der Waals surface area contributed by atoms with Crippen LogP contribution in [0.5, 0.6) is 0 Å². The van der Waals surface area contributed by atoms with Gasteiger partial charge in [0.25, 0.3) is 0 Å². The lowest BCUT2D eigenvalue weighted by Crippen LogP contribution is -2.13. The number of rotatable bonds is 6. The lowest BCUT2D eigenvalue weighted by molar-refractivity contribution is -0.117. The first-order valence-electron chi connectivity index (χ1n) is 4.87. The van der Waals surface area contributed by atoms with Crippen LogP contribution >= 0.6 is 11.3 Å². The Morgan fingerprint density at radius 1 is 1.53 bits per heavy atom. The van der Waals surface area contributed by atoms with Crippen LogP contribution in [0.25, 0.3) is 0 Å². The zero-order valence-electron chi connectivity index (χ0n) is 8.95. The Hall–Kier alpha value is -1.01. The molecule has 1 amide bonds. The van der Waals surface area contributed by atoms with Crippen molar-refractivity contribution < 1.29 is 9.53 Å². The van der Waals surface area contributed by atoms with Crippen LogP contribution in [0.4, 0.5) is 5.13 Å². The van der Waals surface area contributed by atoms with E-state index in [4.69, 9.17) is 4.74 Å². The Kier molecular flexibility index (Phi) is 5.20. The van der Waals surface area contributed by atoms with Crippen LogP contribution in [0.1, 0.15) is 24.8 Å². The highest BCUT2D eigenvalue weighted by atomic mass is 32.1. The number of ether oxygens (including phenoxy) is 1. The molecule has 0 aliphatic rings. The molecule has 0 aliphatic heterocycles. The number of aromatic nitrogens is 2. The molecule has 15 heavy (non-hydrogen) atoms. The third kappa shape index (κ3) is 4.35. The van der Waals surface area contributed by atoms with Crippen LogP contribution < -0.4 is 5.32 Å². The number of anilines is 1. The minimum absolute atomic E-state index is 0.0870. The number of nitrogens with zero attached hydrogens (tertiary/aromatic N) is 2. The van der Waals surface area contributed by atoms with Gasteiger partial charge in [0.05, 0.1) is 13.0 Å². The highest BCUT2D eigenvalue weighted by Gasteiger charge is 2.06. The maximum Gasteiger partial charge on any atom is 0.228 e. The predicted octanol–water partition coefficient (Wildman–Crippen LogP) is 1.47. The summed E-state index contributed by atoms with van der Waals surface area (Å²) in [5.41, 5.74) is 0. The van der Waals surface area contributed by atoms with E-state index in [1.165, 1.54) is 11.3 Å². The standard InChI is InChI=1S/C9H15N3O2S/c1-3-4-8-11-12-9(15-8)10-7(13)5-6-14-2/h3-6H2,1-2H3,(H,10,12,13). The molecule has 84 valence electrons. The molecular formula is C9H15N3O2S. The first-order valence-corrected chi connectivity index (χ1v) is 5.69. The Bertz CT molecular complexity index is 314.